The van der Waals surface area contributed by atoms with Gasteiger partial charge in [-0.05, 0) is 37.1 Å². The van der Waals surface area contributed by atoms with E-state index in [4.69, 9.17) is 0 Å². The first kappa shape index (κ1) is 17.5. The van der Waals surface area contributed by atoms with Crippen LogP contribution in [0.4, 0.5) is 11.6 Å². The highest BCUT2D eigenvalue weighted by Gasteiger charge is 2.20. The lowest BCUT2D eigenvalue weighted by Crippen LogP contribution is -2.37. The summed E-state index contributed by atoms with van der Waals surface area (Å²) in [5, 5.41) is 12.3. The van der Waals surface area contributed by atoms with E-state index in [0.29, 0.717) is 5.69 Å². The summed E-state index contributed by atoms with van der Waals surface area (Å²) >= 11 is 0. The number of benzene rings is 1. The Hall–Kier alpha value is -3.36. The molecule has 0 saturated heterocycles. The third-order valence-corrected chi connectivity index (χ3v) is 4.12. The predicted octanol–water partition coefficient (Wildman–Crippen LogP) is 0.879. The van der Waals surface area contributed by atoms with E-state index in [0.717, 1.165) is 15.7 Å². The monoisotopic (exact) mass is 357 g/mol. The summed E-state index contributed by atoms with van der Waals surface area (Å²) in [6, 6.07) is 5.77. The van der Waals surface area contributed by atoms with Gasteiger partial charge < -0.3 is 10.4 Å². The topological polar surface area (TPSA) is 111 Å². The third-order valence-electron chi connectivity index (χ3n) is 4.12. The van der Waals surface area contributed by atoms with E-state index in [2.05, 4.69) is 10.3 Å². The summed E-state index contributed by atoms with van der Waals surface area (Å²) in [5.41, 5.74) is 1.83. The van der Waals surface area contributed by atoms with E-state index in [1.54, 1.807) is 0 Å². The SMILES string of the molecule is Cc1cc(C)cc(Nc2nc3c(c(=O)n(C)c(=O)n3C)n2CC(=O)O)c1. The molecule has 0 spiro atoms. The van der Waals surface area contributed by atoms with Crippen molar-refractivity contribution in [2.24, 2.45) is 14.1 Å². The molecule has 0 radical (unpaired) electrons. The van der Waals surface area contributed by atoms with Crippen LogP contribution in [-0.2, 0) is 25.4 Å². The standard InChI is InChI=1S/C17H19N5O4/c1-9-5-10(2)7-11(6-9)18-16-19-14-13(22(16)8-12(23)24)15(25)21(4)17(26)20(14)3/h5-7H,8H2,1-4H3,(H,18,19)(H,23,24). The molecule has 0 fully saturated rings. The minimum atomic E-state index is -1.12. The number of nitrogens with one attached hydrogen (secondary N) is 1. The normalized spacial score (nSPS) is 11.1. The number of carbonyl (C=O) groups is 1. The van der Waals surface area contributed by atoms with Gasteiger partial charge in [-0.1, -0.05) is 6.07 Å². The van der Waals surface area contributed by atoms with Gasteiger partial charge in [0, 0.05) is 19.8 Å². The number of aliphatic carboxylic acids is 1. The van der Waals surface area contributed by atoms with Crippen LogP contribution in [0, 0.1) is 13.8 Å². The molecule has 0 aliphatic rings. The van der Waals surface area contributed by atoms with Crippen molar-refractivity contribution < 1.29 is 9.90 Å². The van der Waals surface area contributed by atoms with Gasteiger partial charge in [-0.3, -0.25) is 23.3 Å². The molecule has 0 atom stereocenters. The summed E-state index contributed by atoms with van der Waals surface area (Å²) in [6.07, 6.45) is 0. The smallest absolute Gasteiger partial charge is 0.332 e. The molecule has 2 N–H and O–H groups in total. The highest BCUT2D eigenvalue weighted by molar-refractivity contribution is 5.79. The summed E-state index contributed by atoms with van der Waals surface area (Å²) in [5.74, 6) is -0.936. The molecule has 0 saturated carbocycles. The fourth-order valence-corrected chi connectivity index (χ4v) is 3.01. The van der Waals surface area contributed by atoms with Crippen molar-refractivity contribution in [1.29, 1.82) is 0 Å². The van der Waals surface area contributed by atoms with Crippen molar-refractivity contribution in [2.75, 3.05) is 5.32 Å². The zero-order valence-corrected chi connectivity index (χ0v) is 14.9. The van der Waals surface area contributed by atoms with Crippen LogP contribution in [0.25, 0.3) is 11.2 Å². The number of anilines is 2. The van der Waals surface area contributed by atoms with Gasteiger partial charge in [0.25, 0.3) is 5.56 Å². The number of carboxylic acid groups (broad SMARTS) is 1. The Morgan fingerprint density at radius 2 is 1.73 bits per heavy atom. The second kappa shape index (κ2) is 6.17. The van der Waals surface area contributed by atoms with Crippen molar-refractivity contribution >= 4 is 28.8 Å². The fourth-order valence-electron chi connectivity index (χ4n) is 3.01. The lowest BCUT2D eigenvalue weighted by atomic mass is 10.1. The van der Waals surface area contributed by atoms with Crippen LogP contribution in [0.1, 0.15) is 11.1 Å². The first-order valence-corrected chi connectivity index (χ1v) is 7.92. The Labute approximate surface area is 148 Å². The maximum absolute atomic E-state index is 12.5. The zero-order chi connectivity index (χ0) is 19.2. The molecule has 0 aliphatic heterocycles. The predicted molar refractivity (Wildman–Crippen MR) is 97.0 cm³/mol. The van der Waals surface area contributed by atoms with E-state index in [1.807, 2.05) is 32.0 Å². The van der Waals surface area contributed by atoms with Crippen LogP contribution < -0.4 is 16.6 Å². The lowest BCUT2D eigenvalue weighted by molar-refractivity contribution is -0.137. The Morgan fingerprint density at radius 1 is 1.12 bits per heavy atom. The van der Waals surface area contributed by atoms with Gasteiger partial charge in [0.1, 0.15) is 6.54 Å². The second-order valence-electron chi connectivity index (χ2n) is 6.29. The van der Waals surface area contributed by atoms with Crippen LogP contribution >= 0.6 is 0 Å². The number of nitrogens with zero attached hydrogens (tertiary/aromatic N) is 4. The first-order valence-electron chi connectivity index (χ1n) is 7.92. The van der Waals surface area contributed by atoms with Crippen LogP contribution in [-0.4, -0.2) is 29.8 Å². The Bertz CT molecular complexity index is 1130. The zero-order valence-electron chi connectivity index (χ0n) is 14.9. The number of hydrogen-bond donors (Lipinski definition) is 2. The Kier molecular flexibility index (Phi) is 4.15. The maximum Gasteiger partial charge on any atom is 0.332 e. The van der Waals surface area contributed by atoms with Crippen LogP contribution in [0.2, 0.25) is 0 Å². The molecule has 26 heavy (non-hydrogen) atoms. The molecule has 1 aromatic carbocycles. The van der Waals surface area contributed by atoms with Gasteiger partial charge in [0.2, 0.25) is 5.95 Å². The highest BCUT2D eigenvalue weighted by atomic mass is 16.4. The average molecular weight is 357 g/mol. The first-order chi connectivity index (χ1) is 12.2. The quantitative estimate of drug-likeness (QED) is 0.717. The minimum absolute atomic E-state index is 0.0591. The van der Waals surface area contributed by atoms with E-state index in [-0.39, 0.29) is 17.1 Å². The molecule has 0 aliphatic carbocycles. The van der Waals surface area contributed by atoms with Crippen molar-refractivity contribution in [1.82, 2.24) is 18.7 Å². The number of rotatable bonds is 4. The minimum Gasteiger partial charge on any atom is -0.480 e. The van der Waals surface area contributed by atoms with E-state index in [9.17, 15) is 19.5 Å². The van der Waals surface area contributed by atoms with E-state index >= 15 is 0 Å². The molecular formula is C17H19N5O4. The molecule has 2 aromatic heterocycles. The molecule has 3 rings (SSSR count). The van der Waals surface area contributed by atoms with Crippen LogP contribution in [0.3, 0.4) is 0 Å². The van der Waals surface area contributed by atoms with Gasteiger partial charge in [0.15, 0.2) is 11.2 Å². The Morgan fingerprint density at radius 3 is 2.31 bits per heavy atom. The average Bonchev–Trinajstić information content (AvgIpc) is 2.88. The molecule has 0 bridgehead atoms. The number of imidazole rings is 1. The molecule has 0 unspecified atom stereocenters. The summed E-state index contributed by atoms with van der Waals surface area (Å²) in [6.45, 7) is 3.42. The molecule has 2 heterocycles. The van der Waals surface area contributed by atoms with Crippen molar-refractivity contribution in [3.05, 3.63) is 50.2 Å². The summed E-state index contributed by atoms with van der Waals surface area (Å²) in [7, 11) is 2.84. The van der Waals surface area contributed by atoms with Crippen LogP contribution in [0.5, 0.6) is 0 Å². The largest absolute Gasteiger partial charge is 0.480 e. The third kappa shape index (κ3) is 2.87. The highest BCUT2D eigenvalue weighted by Crippen LogP contribution is 2.22. The molecule has 136 valence electrons. The number of hydrogen-bond acceptors (Lipinski definition) is 5. The fraction of sp³-hybridized carbons (Fsp3) is 0.294. The van der Waals surface area contributed by atoms with Crippen molar-refractivity contribution in [3.63, 3.8) is 0 Å². The van der Waals surface area contributed by atoms with Gasteiger partial charge >= 0.3 is 11.7 Å². The number of aryl methyl sites for hydroxylation is 3. The molecule has 9 heteroatoms. The maximum atomic E-state index is 12.5. The summed E-state index contributed by atoms with van der Waals surface area (Å²) < 4.78 is 3.43. The van der Waals surface area contributed by atoms with Gasteiger partial charge in [-0.2, -0.15) is 4.98 Å². The summed E-state index contributed by atoms with van der Waals surface area (Å²) in [4.78, 5) is 40.3. The molecular weight excluding hydrogens is 338 g/mol. The van der Waals surface area contributed by atoms with Crippen molar-refractivity contribution in [2.45, 2.75) is 20.4 Å². The van der Waals surface area contributed by atoms with Crippen LogP contribution in [0.15, 0.2) is 27.8 Å². The Balaban J connectivity index is 2.29. The van der Waals surface area contributed by atoms with Gasteiger partial charge in [0.05, 0.1) is 0 Å². The number of aromatic nitrogens is 4. The number of carboxylic acids is 1. The number of fused-ring (bicyclic) bond motifs is 1. The molecule has 3 aromatic rings. The van der Waals surface area contributed by atoms with Crippen molar-refractivity contribution in [3.8, 4) is 0 Å². The lowest BCUT2D eigenvalue weighted by Gasteiger charge is -2.10. The van der Waals surface area contributed by atoms with Gasteiger partial charge in [-0.15, -0.1) is 0 Å². The van der Waals surface area contributed by atoms with Gasteiger partial charge in [-0.25, -0.2) is 4.79 Å². The molecule has 9 nitrogen and oxygen atoms in total. The van der Waals surface area contributed by atoms with E-state index < -0.39 is 23.8 Å². The second-order valence-corrected chi connectivity index (χ2v) is 6.29. The molecule has 0 amide bonds. The van der Waals surface area contributed by atoms with E-state index in [1.165, 1.54) is 23.2 Å².